The predicted octanol–water partition coefficient (Wildman–Crippen LogP) is 2.61. The number of aliphatic hydroxyl groups is 1. The zero-order valence-corrected chi connectivity index (χ0v) is 7.69. The number of ketones is 1. The van der Waals surface area contributed by atoms with Crippen LogP contribution in [0.15, 0.2) is 41.3 Å². The number of aliphatic hydroxyl groups excluding tert-OH is 1. The number of carbonyl (C=O) groups excluding carboxylic acids is 1. The van der Waals surface area contributed by atoms with Gasteiger partial charge in [0.05, 0.1) is 0 Å². The molecule has 72 valence electrons. The Hall–Kier alpha value is -1.97. The molecular weight excluding hydrogens is 180 g/mol. The van der Waals surface area contributed by atoms with Crippen LogP contribution >= 0.6 is 0 Å². The van der Waals surface area contributed by atoms with Crippen LogP contribution in [-0.2, 0) is 0 Å². The van der Waals surface area contributed by atoms with Gasteiger partial charge in [-0.2, -0.15) is 5.11 Å². The zero-order chi connectivity index (χ0) is 10.6. The Morgan fingerprint density at radius 1 is 1.50 bits per heavy atom. The first kappa shape index (κ1) is 10.1. The third-order valence-corrected chi connectivity index (χ3v) is 1.87. The van der Waals surface area contributed by atoms with E-state index in [1.165, 1.54) is 0 Å². The van der Waals surface area contributed by atoms with Crippen LogP contribution in [-0.4, -0.2) is 10.9 Å². The second-order valence-electron chi connectivity index (χ2n) is 2.77. The fourth-order valence-corrected chi connectivity index (χ4v) is 1.10. The standard InChI is InChI=1S/C10H10N2O2/c1-7-4-2-3-5-8(7)10(14)9(6-13)12-11/h2-6,11,13H,1H3/b9-6-,12-11?. The van der Waals surface area contributed by atoms with Crippen molar-refractivity contribution in [1.29, 1.82) is 5.53 Å². The molecule has 4 heteroatoms. The van der Waals surface area contributed by atoms with Crippen LogP contribution in [0.3, 0.4) is 0 Å². The normalized spacial score (nSPS) is 11.1. The van der Waals surface area contributed by atoms with Crippen LogP contribution < -0.4 is 0 Å². The summed E-state index contributed by atoms with van der Waals surface area (Å²) >= 11 is 0. The van der Waals surface area contributed by atoms with Crippen LogP contribution in [0.4, 0.5) is 0 Å². The van der Waals surface area contributed by atoms with E-state index in [-0.39, 0.29) is 5.70 Å². The van der Waals surface area contributed by atoms with Crippen molar-refractivity contribution in [2.75, 3.05) is 0 Å². The van der Waals surface area contributed by atoms with Gasteiger partial charge in [-0.3, -0.25) is 4.79 Å². The molecule has 0 fully saturated rings. The van der Waals surface area contributed by atoms with E-state index in [0.29, 0.717) is 11.8 Å². The maximum absolute atomic E-state index is 11.6. The average molecular weight is 190 g/mol. The maximum Gasteiger partial charge on any atom is 0.216 e. The topological polar surface area (TPSA) is 73.5 Å². The summed E-state index contributed by atoms with van der Waals surface area (Å²) in [5, 5.41) is 11.6. The summed E-state index contributed by atoms with van der Waals surface area (Å²) in [7, 11) is 0. The smallest absolute Gasteiger partial charge is 0.216 e. The molecule has 0 unspecified atom stereocenters. The largest absolute Gasteiger partial charge is 0.513 e. The average Bonchev–Trinajstić information content (AvgIpc) is 2.20. The zero-order valence-electron chi connectivity index (χ0n) is 7.69. The molecule has 4 nitrogen and oxygen atoms in total. The number of benzene rings is 1. The Balaban J connectivity index is 3.13. The van der Waals surface area contributed by atoms with Crippen molar-refractivity contribution in [3.63, 3.8) is 0 Å². The van der Waals surface area contributed by atoms with Crippen molar-refractivity contribution in [3.8, 4) is 0 Å². The van der Waals surface area contributed by atoms with Crippen LogP contribution in [0.2, 0.25) is 0 Å². The van der Waals surface area contributed by atoms with E-state index < -0.39 is 5.78 Å². The highest BCUT2D eigenvalue weighted by molar-refractivity contribution is 6.09. The van der Waals surface area contributed by atoms with E-state index >= 15 is 0 Å². The Morgan fingerprint density at radius 3 is 2.64 bits per heavy atom. The van der Waals surface area contributed by atoms with Gasteiger partial charge in [0.15, 0.2) is 5.70 Å². The molecule has 0 aromatic heterocycles. The molecule has 0 saturated heterocycles. The van der Waals surface area contributed by atoms with Crippen molar-refractivity contribution in [2.45, 2.75) is 6.92 Å². The number of hydrogen-bond acceptors (Lipinski definition) is 4. The molecule has 0 aliphatic rings. The molecule has 1 aromatic carbocycles. The van der Waals surface area contributed by atoms with Crippen LogP contribution in [0.1, 0.15) is 15.9 Å². The molecule has 0 saturated carbocycles. The van der Waals surface area contributed by atoms with Crippen LogP contribution in [0, 0.1) is 12.5 Å². The number of Topliss-reactive ketones (excluding diaryl/α,β-unsaturated/α-hetero) is 1. The van der Waals surface area contributed by atoms with Gasteiger partial charge in [0.2, 0.25) is 5.78 Å². The summed E-state index contributed by atoms with van der Waals surface area (Å²) in [6.07, 6.45) is 0.543. The fourth-order valence-electron chi connectivity index (χ4n) is 1.10. The second-order valence-corrected chi connectivity index (χ2v) is 2.77. The van der Waals surface area contributed by atoms with Gasteiger partial charge < -0.3 is 5.11 Å². The molecule has 0 heterocycles. The molecule has 0 amide bonds. The third-order valence-electron chi connectivity index (χ3n) is 1.87. The number of nitrogens with one attached hydrogen (secondary N) is 1. The van der Waals surface area contributed by atoms with E-state index in [1.54, 1.807) is 25.1 Å². The number of hydrogen-bond donors (Lipinski definition) is 2. The van der Waals surface area contributed by atoms with Crippen molar-refractivity contribution >= 4 is 5.78 Å². The quantitative estimate of drug-likeness (QED) is 0.332. The first-order valence-electron chi connectivity index (χ1n) is 4.03. The lowest BCUT2D eigenvalue weighted by Gasteiger charge is -2.02. The van der Waals surface area contributed by atoms with Crippen molar-refractivity contribution in [1.82, 2.24) is 0 Å². The minimum absolute atomic E-state index is 0.265. The number of nitrogens with zero attached hydrogens (tertiary/aromatic N) is 1. The summed E-state index contributed by atoms with van der Waals surface area (Å²) in [4.78, 5) is 11.6. The maximum atomic E-state index is 11.6. The van der Waals surface area contributed by atoms with Gasteiger partial charge in [-0.15, -0.1) is 0 Å². The van der Waals surface area contributed by atoms with Gasteiger partial charge in [0.1, 0.15) is 6.26 Å². The molecular formula is C10H10N2O2. The Morgan fingerprint density at radius 2 is 2.14 bits per heavy atom. The molecule has 1 rings (SSSR count). The van der Waals surface area contributed by atoms with Gasteiger partial charge in [0, 0.05) is 5.56 Å². The molecule has 14 heavy (non-hydrogen) atoms. The van der Waals surface area contributed by atoms with Crippen molar-refractivity contribution < 1.29 is 9.90 Å². The van der Waals surface area contributed by atoms with E-state index in [4.69, 9.17) is 10.6 Å². The molecule has 0 aliphatic heterocycles. The lowest BCUT2D eigenvalue weighted by Crippen LogP contribution is -2.03. The Labute approximate surface area is 81.4 Å². The summed E-state index contributed by atoms with van der Waals surface area (Å²) in [5.74, 6) is -0.444. The van der Waals surface area contributed by atoms with Gasteiger partial charge in [-0.25, -0.2) is 5.53 Å². The minimum atomic E-state index is -0.444. The number of allylic oxidation sites excluding steroid dienone is 1. The summed E-state index contributed by atoms with van der Waals surface area (Å²) in [6.45, 7) is 1.78. The van der Waals surface area contributed by atoms with E-state index in [0.717, 1.165) is 5.56 Å². The SMILES string of the molecule is Cc1ccccc1C(=O)/C(=C/O)N=N. The number of aryl methyl sites for hydroxylation is 1. The first-order valence-corrected chi connectivity index (χ1v) is 4.03. The second kappa shape index (κ2) is 4.32. The van der Waals surface area contributed by atoms with Gasteiger partial charge in [-0.05, 0) is 12.5 Å². The van der Waals surface area contributed by atoms with Crippen LogP contribution in [0.25, 0.3) is 0 Å². The summed E-state index contributed by atoms with van der Waals surface area (Å²) < 4.78 is 0. The fraction of sp³-hybridized carbons (Fsp3) is 0.100. The summed E-state index contributed by atoms with van der Waals surface area (Å²) in [6, 6.07) is 6.95. The molecule has 0 bridgehead atoms. The Bertz CT molecular complexity index is 397. The first-order chi connectivity index (χ1) is 6.70. The molecule has 2 N–H and O–H groups in total. The third kappa shape index (κ3) is 1.85. The lowest BCUT2D eigenvalue weighted by atomic mass is 10.0. The molecule has 1 aromatic rings. The minimum Gasteiger partial charge on any atom is -0.513 e. The summed E-state index contributed by atoms with van der Waals surface area (Å²) in [5.41, 5.74) is 7.66. The lowest BCUT2D eigenvalue weighted by molar-refractivity contribution is 0.102. The molecule has 0 spiro atoms. The Kier molecular flexibility index (Phi) is 3.12. The van der Waals surface area contributed by atoms with Crippen LogP contribution in [0.5, 0.6) is 0 Å². The van der Waals surface area contributed by atoms with Gasteiger partial charge >= 0.3 is 0 Å². The predicted molar refractivity (Wildman–Crippen MR) is 51.4 cm³/mol. The van der Waals surface area contributed by atoms with Crippen molar-refractivity contribution in [2.24, 2.45) is 5.11 Å². The molecule has 0 radical (unpaired) electrons. The monoisotopic (exact) mass is 190 g/mol. The number of rotatable bonds is 3. The van der Waals surface area contributed by atoms with E-state index in [1.807, 2.05) is 6.07 Å². The molecule has 0 atom stereocenters. The van der Waals surface area contributed by atoms with Crippen molar-refractivity contribution in [3.05, 3.63) is 47.4 Å². The molecule has 0 aliphatic carbocycles. The van der Waals surface area contributed by atoms with E-state index in [9.17, 15) is 4.79 Å². The highest BCUT2D eigenvalue weighted by atomic mass is 16.2. The highest BCUT2D eigenvalue weighted by Crippen LogP contribution is 2.13. The number of carbonyl (C=O) groups is 1. The van der Waals surface area contributed by atoms with E-state index in [2.05, 4.69) is 5.11 Å². The van der Waals surface area contributed by atoms with Gasteiger partial charge in [-0.1, -0.05) is 24.3 Å². The highest BCUT2D eigenvalue weighted by Gasteiger charge is 2.13. The van der Waals surface area contributed by atoms with Gasteiger partial charge in [0.25, 0.3) is 0 Å².